The Labute approximate surface area is 146 Å². The normalized spacial score (nSPS) is 12.0. The van der Waals surface area contributed by atoms with E-state index in [1.165, 1.54) is 11.8 Å². The molecule has 1 aromatic heterocycles. The lowest BCUT2D eigenvalue weighted by Gasteiger charge is -2.25. The van der Waals surface area contributed by atoms with Crippen LogP contribution in [0.2, 0.25) is 5.02 Å². The molecule has 1 atom stereocenters. The van der Waals surface area contributed by atoms with E-state index in [4.69, 9.17) is 11.6 Å². The quantitative estimate of drug-likeness (QED) is 0.603. The summed E-state index contributed by atoms with van der Waals surface area (Å²) in [5, 5.41) is 1.31. The highest BCUT2D eigenvalue weighted by atomic mass is 35.5. The largest absolute Gasteiger partial charge is 0.338 e. The van der Waals surface area contributed by atoms with Crippen LogP contribution in [0.4, 0.5) is 0 Å². The van der Waals surface area contributed by atoms with Crippen molar-refractivity contribution in [3.63, 3.8) is 0 Å². The van der Waals surface area contributed by atoms with Crippen molar-refractivity contribution in [2.75, 3.05) is 12.8 Å². The Balaban J connectivity index is 1.99. The van der Waals surface area contributed by atoms with Gasteiger partial charge in [-0.05, 0) is 44.5 Å². The summed E-state index contributed by atoms with van der Waals surface area (Å²) in [5.74, 6) is 0.342. The average Bonchev–Trinajstić information content (AvgIpc) is 2.50. The summed E-state index contributed by atoms with van der Waals surface area (Å²) in [4.78, 5) is 22.8. The van der Waals surface area contributed by atoms with Crippen LogP contribution >= 0.6 is 23.4 Å². The fourth-order valence-electron chi connectivity index (χ4n) is 2.19. The second-order valence-electron chi connectivity index (χ2n) is 5.46. The summed E-state index contributed by atoms with van der Waals surface area (Å²) in [5.41, 5.74) is 2.84. The van der Waals surface area contributed by atoms with Gasteiger partial charge in [-0.3, -0.25) is 4.79 Å². The van der Waals surface area contributed by atoms with E-state index in [2.05, 4.69) is 9.97 Å². The third-order valence-electron chi connectivity index (χ3n) is 3.59. The van der Waals surface area contributed by atoms with Gasteiger partial charge < -0.3 is 4.90 Å². The third-order valence-corrected chi connectivity index (χ3v) is 4.66. The lowest BCUT2D eigenvalue weighted by molar-refractivity contribution is -0.128. The zero-order valence-corrected chi connectivity index (χ0v) is 15.3. The van der Waals surface area contributed by atoms with E-state index in [0.29, 0.717) is 15.9 Å². The Kier molecular flexibility index (Phi) is 6.02. The number of hydrogen-bond acceptors (Lipinski definition) is 4. The molecule has 0 saturated carbocycles. The van der Waals surface area contributed by atoms with Crippen LogP contribution in [0.3, 0.4) is 0 Å². The molecular formula is C17H20ClN3OS. The fraction of sp³-hybridized carbons (Fsp3) is 0.353. The maximum atomic E-state index is 12.4. The summed E-state index contributed by atoms with van der Waals surface area (Å²) in [6, 6.07) is 9.45. The molecule has 0 radical (unpaired) electrons. The predicted octanol–water partition coefficient (Wildman–Crippen LogP) is 4.06. The molecule has 4 nitrogen and oxygen atoms in total. The Hall–Kier alpha value is -1.59. The van der Waals surface area contributed by atoms with Gasteiger partial charge in [0.15, 0.2) is 5.16 Å². The minimum absolute atomic E-state index is 0.0326. The molecule has 1 unspecified atom stereocenters. The van der Waals surface area contributed by atoms with Crippen molar-refractivity contribution >= 4 is 29.3 Å². The van der Waals surface area contributed by atoms with Gasteiger partial charge in [0.05, 0.1) is 11.8 Å². The molecule has 1 heterocycles. The Morgan fingerprint density at radius 1 is 1.26 bits per heavy atom. The highest BCUT2D eigenvalue weighted by Crippen LogP contribution is 2.23. The number of benzene rings is 1. The van der Waals surface area contributed by atoms with E-state index in [9.17, 15) is 4.79 Å². The maximum Gasteiger partial charge on any atom is 0.233 e. The van der Waals surface area contributed by atoms with Gasteiger partial charge in [0, 0.05) is 23.5 Å². The molecule has 23 heavy (non-hydrogen) atoms. The molecule has 2 aromatic rings. The van der Waals surface area contributed by atoms with E-state index in [1.807, 2.05) is 51.1 Å². The molecule has 0 aliphatic rings. The molecular weight excluding hydrogens is 330 g/mol. The van der Waals surface area contributed by atoms with Crippen molar-refractivity contribution in [2.45, 2.75) is 32.0 Å². The monoisotopic (exact) mass is 349 g/mol. The molecule has 0 fully saturated rings. The van der Waals surface area contributed by atoms with Crippen LogP contribution in [0.5, 0.6) is 0 Å². The smallest absolute Gasteiger partial charge is 0.233 e. The predicted molar refractivity (Wildman–Crippen MR) is 94.9 cm³/mol. The van der Waals surface area contributed by atoms with Crippen molar-refractivity contribution in [3.05, 3.63) is 52.3 Å². The lowest BCUT2D eigenvalue weighted by atomic mass is 10.1. The molecule has 6 heteroatoms. The van der Waals surface area contributed by atoms with E-state index < -0.39 is 0 Å². The summed E-state index contributed by atoms with van der Waals surface area (Å²) in [7, 11) is 1.80. The summed E-state index contributed by atoms with van der Waals surface area (Å²) >= 11 is 7.38. The first-order chi connectivity index (χ1) is 10.9. The van der Waals surface area contributed by atoms with Crippen LogP contribution in [0.1, 0.15) is 29.9 Å². The Bertz CT molecular complexity index is 688. The Morgan fingerprint density at radius 3 is 2.52 bits per heavy atom. The van der Waals surface area contributed by atoms with Crippen LogP contribution in [-0.4, -0.2) is 33.6 Å². The Morgan fingerprint density at radius 2 is 1.91 bits per heavy atom. The van der Waals surface area contributed by atoms with Gasteiger partial charge in [0.25, 0.3) is 0 Å². The van der Waals surface area contributed by atoms with E-state index in [1.54, 1.807) is 11.9 Å². The highest BCUT2D eigenvalue weighted by Gasteiger charge is 2.18. The average molecular weight is 350 g/mol. The maximum absolute atomic E-state index is 12.4. The number of hydrogen-bond donors (Lipinski definition) is 0. The number of aromatic nitrogens is 2. The summed E-state index contributed by atoms with van der Waals surface area (Å²) in [6.45, 7) is 5.84. The number of thioether (sulfide) groups is 1. The first-order valence-corrected chi connectivity index (χ1v) is 8.69. The summed E-state index contributed by atoms with van der Waals surface area (Å²) < 4.78 is 0. The topological polar surface area (TPSA) is 46.1 Å². The van der Waals surface area contributed by atoms with Crippen LogP contribution in [0.15, 0.2) is 35.5 Å². The number of carbonyl (C=O) groups excluding carboxylic acids is 1. The zero-order valence-electron chi connectivity index (χ0n) is 13.7. The molecule has 0 N–H and O–H groups in total. The van der Waals surface area contributed by atoms with Gasteiger partial charge in [0.1, 0.15) is 0 Å². The molecule has 1 aromatic carbocycles. The van der Waals surface area contributed by atoms with Crippen LogP contribution in [0, 0.1) is 13.8 Å². The SMILES string of the molecule is Cc1cc(C)nc(SCC(=O)N(C)C(C)c2cccc(Cl)c2)n1. The minimum Gasteiger partial charge on any atom is -0.338 e. The highest BCUT2D eigenvalue weighted by molar-refractivity contribution is 7.99. The molecule has 0 spiro atoms. The number of nitrogens with zero attached hydrogens (tertiary/aromatic N) is 3. The van der Waals surface area contributed by atoms with Crippen LogP contribution < -0.4 is 0 Å². The van der Waals surface area contributed by atoms with Gasteiger partial charge in [-0.25, -0.2) is 9.97 Å². The van der Waals surface area contributed by atoms with Gasteiger partial charge >= 0.3 is 0 Å². The fourth-order valence-corrected chi connectivity index (χ4v) is 3.26. The molecule has 0 saturated heterocycles. The van der Waals surface area contributed by atoms with Crippen molar-refractivity contribution in [1.82, 2.24) is 14.9 Å². The molecule has 0 bridgehead atoms. The van der Waals surface area contributed by atoms with Gasteiger partial charge in [-0.15, -0.1) is 0 Å². The first-order valence-electron chi connectivity index (χ1n) is 7.33. The van der Waals surface area contributed by atoms with Crippen LogP contribution in [0.25, 0.3) is 0 Å². The zero-order chi connectivity index (χ0) is 17.0. The number of halogens is 1. The second-order valence-corrected chi connectivity index (χ2v) is 6.84. The number of amides is 1. The van der Waals surface area contributed by atoms with E-state index in [0.717, 1.165) is 17.0 Å². The van der Waals surface area contributed by atoms with Gasteiger partial charge in [-0.2, -0.15) is 0 Å². The first kappa shape index (κ1) is 17.8. The molecule has 122 valence electrons. The van der Waals surface area contributed by atoms with Crippen molar-refractivity contribution in [2.24, 2.45) is 0 Å². The summed E-state index contributed by atoms with van der Waals surface area (Å²) in [6.07, 6.45) is 0. The van der Waals surface area contributed by atoms with E-state index in [-0.39, 0.29) is 11.9 Å². The minimum atomic E-state index is -0.0398. The molecule has 0 aliphatic carbocycles. The standard InChI is InChI=1S/C17H20ClN3OS/c1-11-8-12(2)20-17(19-11)23-10-16(22)21(4)13(3)14-6-5-7-15(18)9-14/h5-9,13H,10H2,1-4H3. The van der Waals surface area contributed by atoms with Gasteiger partial charge in [-0.1, -0.05) is 35.5 Å². The van der Waals surface area contributed by atoms with Crippen molar-refractivity contribution in [1.29, 1.82) is 0 Å². The molecule has 1 amide bonds. The van der Waals surface area contributed by atoms with Crippen molar-refractivity contribution in [3.8, 4) is 0 Å². The third kappa shape index (κ3) is 4.94. The number of rotatable bonds is 5. The van der Waals surface area contributed by atoms with Gasteiger partial charge in [0.2, 0.25) is 5.91 Å². The number of carbonyl (C=O) groups is 1. The number of aryl methyl sites for hydroxylation is 2. The molecule has 0 aliphatic heterocycles. The van der Waals surface area contributed by atoms with Crippen LogP contribution in [-0.2, 0) is 4.79 Å². The lowest BCUT2D eigenvalue weighted by Crippen LogP contribution is -2.31. The molecule has 2 rings (SSSR count). The van der Waals surface area contributed by atoms with Crippen molar-refractivity contribution < 1.29 is 4.79 Å². The van der Waals surface area contributed by atoms with E-state index >= 15 is 0 Å². The second kappa shape index (κ2) is 7.79.